The normalized spacial score (nSPS) is 24.0. The number of H-pyrrole nitrogens is 1. The second kappa shape index (κ2) is 5.14. The summed E-state index contributed by atoms with van der Waals surface area (Å²) in [5.74, 6) is 2.15. The van der Waals surface area contributed by atoms with Gasteiger partial charge in [-0.2, -0.15) is 4.98 Å². The molecule has 0 bridgehead atoms. The first-order chi connectivity index (χ1) is 11.4. The average Bonchev–Trinajstić information content (AvgIpc) is 3.13. The minimum absolute atomic E-state index is 0.0555. The summed E-state index contributed by atoms with van der Waals surface area (Å²) in [5, 5.41) is 4.15. The van der Waals surface area contributed by atoms with E-state index in [-0.39, 0.29) is 5.54 Å². The minimum Gasteiger partial charge on any atom is -0.381 e. The predicted octanol–water partition coefficient (Wildman–Crippen LogP) is 1.73. The van der Waals surface area contributed by atoms with Crippen molar-refractivity contribution in [1.82, 2.24) is 25.0 Å². The number of hydrogen-bond donors (Lipinski definition) is 1. The van der Waals surface area contributed by atoms with Crippen molar-refractivity contribution in [3.05, 3.63) is 29.4 Å². The van der Waals surface area contributed by atoms with Crippen LogP contribution in [-0.4, -0.2) is 44.8 Å². The van der Waals surface area contributed by atoms with Gasteiger partial charge in [0, 0.05) is 37.8 Å². The van der Waals surface area contributed by atoms with Gasteiger partial charge in [-0.05, 0) is 25.7 Å². The maximum Gasteiger partial charge on any atom is 0.240 e. The van der Waals surface area contributed by atoms with E-state index in [9.17, 15) is 0 Å². The van der Waals surface area contributed by atoms with Gasteiger partial charge < -0.3 is 14.2 Å². The Morgan fingerprint density at radius 2 is 2.17 bits per heavy atom. The van der Waals surface area contributed by atoms with Crippen LogP contribution in [-0.2, 0) is 23.2 Å². The summed E-state index contributed by atoms with van der Waals surface area (Å²) in [5.41, 5.74) is 2.40. The number of aromatic amines is 1. The van der Waals surface area contributed by atoms with Crippen LogP contribution < -0.4 is 0 Å². The van der Waals surface area contributed by atoms with Crippen molar-refractivity contribution in [1.29, 1.82) is 0 Å². The lowest BCUT2D eigenvalue weighted by molar-refractivity contribution is -0.0485. The van der Waals surface area contributed by atoms with Gasteiger partial charge in [-0.3, -0.25) is 4.90 Å². The van der Waals surface area contributed by atoms with Crippen molar-refractivity contribution in [2.24, 2.45) is 0 Å². The molecule has 0 radical (unpaired) electrons. The van der Waals surface area contributed by atoms with E-state index in [1.54, 1.807) is 0 Å². The molecular weight excluding hydrogens is 294 g/mol. The van der Waals surface area contributed by atoms with Gasteiger partial charge >= 0.3 is 0 Å². The second-order valence-electron chi connectivity index (χ2n) is 6.87. The van der Waals surface area contributed by atoms with E-state index in [0.717, 1.165) is 50.7 Å². The van der Waals surface area contributed by atoms with Crippen LogP contribution in [0.15, 0.2) is 10.9 Å². The molecule has 0 aromatic carbocycles. The van der Waals surface area contributed by atoms with Crippen molar-refractivity contribution in [2.75, 3.05) is 19.8 Å². The Morgan fingerprint density at radius 3 is 3.00 bits per heavy atom. The van der Waals surface area contributed by atoms with Gasteiger partial charge in [0.15, 0.2) is 5.82 Å². The molecule has 1 saturated heterocycles. The molecule has 122 valence electrons. The third-order valence-corrected chi connectivity index (χ3v) is 5.47. The molecule has 23 heavy (non-hydrogen) atoms. The van der Waals surface area contributed by atoms with Crippen LogP contribution in [0, 0.1) is 0 Å². The highest BCUT2D eigenvalue weighted by atomic mass is 16.5. The fourth-order valence-electron chi connectivity index (χ4n) is 4.02. The number of fused-ring (bicyclic) bond motifs is 2. The van der Waals surface area contributed by atoms with Gasteiger partial charge in [0.2, 0.25) is 5.89 Å². The zero-order chi connectivity index (χ0) is 15.3. The molecule has 1 aliphatic carbocycles. The minimum atomic E-state index is -0.0555. The molecule has 2 aromatic heterocycles. The molecule has 2 aliphatic heterocycles. The van der Waals surface area contributed by atoms with Crippen LogP contribution in [0.2, 0.25) is 0 Å². The second-order valence-corrected chi connectivity index (χ2v) is 6.87. The summed E-state index contributed by atoms with van der Waals surface area (Å²) in [6.07, 6.45) is 7.13. The summed E-state index contributed by atoms with van der Waals surface area (Å²) >= 11 is 0. The number of imidazole rings is 1. The number of aromatic nitrogens is 4. The van der Waals surface area contributed by atoms with Gasteiger partial charge in [-0.1, -0.05) is 5.16 Å². The van der Waals surface area contributed by atoms with Crippen molar-refractivity contribution in [3.8, 4) is 0 Å². The van der Waals surface area contributed by atoms with Crippen molar-refractivity contribution in [3.63, 3.8) is 0 Å². The zero-order valence-electron chi connectivity index (χ0n) is 13.1. The SMILES string of the molecule is c1nc2c([nH]1)CCN(Cc1nc(C3CC3)no1)C21CCOCC1. The van der Waals surface area contributed by atoms with E-state index in [2.05, 4.69) is 25.0 Å². The standard InChI is InChI=1S/C16H21N5O2/c1-2-11(1)15-19-13(23-20-15)9-21-6-3-12-14(18-10-17-12)16(21)4-7-22-8-5-16/h10-11H,1-9H2,(H,17,18). The van der Waals surface area contributed by atoms with E-state index in [0.29, 0.717) is 12.5 Å². The molecule has 7 nitrogen and oxygen atoms in total. The highest BCUT2D eigenvalue weighted by Crippen LogP contribution is 2.43. The summed E-state index contributed by atoms with van der Waals surface area (Å²) < 4.78 is 11.1. The molecule has 1 saturated carbocycles. The summed E-state index contributed by atoms with van der Waals surface area (Å²) in [7, 11) is 0. The highest BCUT2D eigenvalue weighted by molar-refractivity contribution is 5.26. The largest absolute Gasteiger partial charge is 0.381 e. The molecule has 2 aromatic rings. The smallest absolute Gasteiger partial charge is 0.240 e. The summed E-state index contributed by atoms with van der Waals surface area (Å²) in [6.45, 7) is 3.24. The highest BCUT2D eigenvalue weighted by Gasteiger charge is 2.46. The van der Waals surface area contributed by atoms with E-state index < -0.39 is 0 Å². The van der Waals surface area contributed by atoms with Crippen LogP contribution >= 0.6 is 0 Å². The Balaban J connectivity index is 1.45. The van der Waals surface area contributed by atoms with Gasteiger partial charge in [0.25, 0.3) is 0 Å². The van der Waals surface area contributed by atoms with Crippen molar-refractivity contribution < 1.29 is 9.26 Å². The van der Waals surface area contributed by atoms with Crippen LogP contribution in [0.4, 0.5) is 0 Å². The molecular formula is C16H21N5O2. The lowest BCUT2D eigenvalue weighted by atomic mass is 9.80. The lowest BCUT2D eigenvalue weighted by Crippen LogP contribution is -2.53. The first kappa shape index (κ1) is 13.7. The van der Waals surface area contributed by atoms with Gasteiger partial charge in [0.1, 0.15) is 0 Å². The van der Waals surface area contributed by atoms with Gasteiger partial charge in [0.05, 0.1) is 24.1 Å². The quantitative estimate of drug-likeness (QED) is 0.929. The predicted molar refractivity (Wildman–Crippen MR) is 80.7 cm³/mol. The monoisotopic (exact) mass is 315 g/mol. The van der Waals surface area contributed by atoms with Gasteiger partial charge in [-0.15, -0.1) is 0 Å². The molecule has 3 aliphatic rings. The van der Waals surface area contributed by atoms with Crippen molar-refractivity contribution >= 4 is 0 Å². The fraction of sp³-hybridized carbons (Fsp3) is 0.688. The number of nitrogens with one attached hydrogen (secondary N) is 1. The maximum absolute atomic E-state index is 5.61. The summed E-state index contributed by atoms with van der Waals surface area (Å²) in [6, 6.07) is 0. The number of ether oxygens (including phenoxy) is 1. The average molecular weight is 315 g/mol. The lowest BCUT2D eigenvalue weighted by Gasteiger charge is -2.47. The first-order valence-electron chi connectivity index (χ1n) is 8.53. The Hall–Kier alpha value is -1.73. The molecule has 0 unspecified atom stereocenters. The maximum atomic E-state index is 5.61. The van der Waals surface area contributed by atoms with E-state index in [4.69, 9.17) is 9.26 Å². The third-order valence-electron chi connectivity index (χ3n) is 5.47. The Kier molecular flexibility index (Phi) is 3.06. The molecule has 4 heterocycles. The molecule has 7 heteroatoms. The first-order valence-corrected chi connectivity index (χ1v) is 8.53. The van der Waals surface area contributed by atoms with Gasteiger partial charge in [-0.25, -0.2) is 4.98 Å². The number of rotatable bonds is 3. The molecule has 0 atom stereocenters. The molecule has 1 N–H and O–H groups in total. The molecule has 1 spiro atoms. The van der Waals surface area contributed by atoms with E-state index >= 15 is 0 Å². The molecule has 0 amide bonds. The van der Waals surface area contributed by atoms with E-state index in [1.807, 2.05) is 6.33 Å². The fourth-order valence-corrected chi connectivity index (χ4v) is 4.02. The number of hydrogen-bond acceptors (Lipinski definition) is 6. The zero-order valence-corrected chi connectivity index (χ0v) is 13.1. The van der Waals surface area contributed by atoms with Crippen LogP contribution in [0.5, 0.6) is 0 Å². The van der Waals surface area contributed by atoms with Crippen LogP contribution in [0.25, 0.3) is 0 Å². The summed E-state index contributed by atoms with van der Waals surface area (Å²) in [4.78, 5) is 15.0. The Morgan fingerprint density at radius 1 is 1.30 bits per heavy atom. The van der Waals surface area contributed by atoms with Crippen LogP contribution in [0.3, 0.4) is 0 Å². The Labute approximate surface area is 134 Å². The topological polar surface area (TPSA) is 80.1 Å². The Bertz CT molecular complexity index is 699. The number of nitrogens with zero attached hydrogens (tertiary/aromatic N) is 4. The van der Waals surface area contributed by atoms with Crippen molar-refractivity contribution in [2.45, 2.75) is 50.1 Å². The third kappa shape index (κ3) is 2.21. The van der Waals surface area contributed by atoms with Crippen LogP contribution in [0.1, 0.15) is 54.7 Å². The molecule has 2 fully saturated rings. The molecule has 5 rings (SSSR count). The van der Waals surface area contributed by atoms with E-state index in [1.165, 1.54) is 24.2 Å².